The Morgan fingerprint density at radius 3 is 2.36 bits per heavy atom. The van der Waals surface area contributed by atoms with Gasteiger partial charge < -0.3 is 5.32 Å². The number of thiazole rings is 2. The van der Waals surface area contributed by atoms with Gasteiger partial charge in [0, 0.05) is 18.9 Å². The number of nitrogens with one attached hydrogen (secondary N) is 1. The number of aryl methyl sites for hydroxylation is 1. The van der Waals surface area contributed by atoms with E-state index in [0.29, 0.717) is 13.0 Å². The summed E-state index contributed by atoms with van der Waals surface area (Å²) in [6, 6.07) is 16.4. The van der Waals surface area contributed by atoms with Gasteiger partial charge in [0.05, 0.1) is 30.4 Å². The highest BCUT2D eigenvalue weighted by atomic mass is 32.1. The zero-order chi connectivity index (χ0) is 19.3. The van der Waals surface area contributed by atoms with E-state index >= 15 is 0 Å². The summed E-state index contributed by atoms with van der Waals surface area (Å²) in [6.45, 7) is 2.75. The molecular weight excluding hydrogens is 386 g/mol. The van der Waals surface area contributed by atoms with Crippen molar-refractivity contribution >= 4 is 49.0 Å². The predicted octanol–water partition coefficient (Wildman–Crippen LogP) is 5.54. The molecule has 2 heterocycles. The summed E-state index contributed by atoms with van der Waals surface area (Å²) in [5.41, 5.74) is 2.11. The summed E-state index contributed by atoms with van der Waals surface area (Å²) in [6.07, 6.45) is 3.38. The molecule has 0 aliphatic carbocycles. The molecular formula is C22H23N3OS2. The van der Waals surface area contributed by atoms with Crippen LogP contribution in [0, 0.1) is 0 Å². The van der Waals surface area contributed by atoms with E-state index in [1.807, 2.05) is 30.3 Å². The first-order valence-corrected chi connectivity index (χ1v) is 11.3. The van der Waals surface area contributed by atoms with Crippen LogP contribution in [-0.2, 0) is 11.2 Å². The molecule has 6 heteroatoms. The van der Waals surface area contributed by atoms with Crippen molar-refractivity contribution in [3.63, 3.8) is 0 Å². The molecule has 1 N–H and O–H groups in total. The molecule has 4 rings (SSSR count). The Labute approximate surface area is 172 Å². The van der Waals surface area contributed by atoms with Gasteiger partial charge in [0.25, 0.3) is 0 Å². The summed E-state index contributed by atoms with van der Waals surface area (Å²) < 4.78 is 2.43. The first-order chi connectivity index (χ1) is 13.7. The molecule has 4 aromatic rings. The van der Waals surface area contributed by atoms with Crippen LogP contribution >= 0.6 is 22.7 Å². The average Bonchev–Trinajstić information content (AvgIpc) is 3.33. The van der Waals surface area contributed by atoms with Crippen molar-refractivity contribution in [3.8, 4) is 0 Å². The second kappa shape index (κ2) is 8.80. The smallest absolute Gasteiger partial charge is 0.220 e. The lowest BCUT2D eigenvalue weighted by atomic mass is 10.1. The van der Waals surface area contributed by atoms with Gasteiger partial charge >= 0.3 is 0 Å². The molecule has 1 amide bonds. The van der Waals surface area contributed by atoms with Gasteiger partial charge in [-0.1, -0.05) is 31.2 Å². The predicted molar refractivity (Wildman–Crippen MR) is 118 cm³/mol. The first-order valence-electron chi connectivity index (χ1n) is 9.65. The molecule has 0 saturated heterocycles. The third kappa shape index (κ3) is 4.56. The van der Waals surface area contributed by atoms with Crippen molar-refractivity contribution in [1.82, 2.24) is 15.3 Å². The van der Waals surface area contributed by atoms with Crippen molar-refractivity contribution in [2.75, 3.05) is 6.54 Å². The molecule has 0 fully saturated rings. The highest BCUT2D eigenvalue weighted by molar-refractivity contribution is 7.18. The quantitative estimate of drug-likeness (QED) is 0.389. The van der Waals surface area contributed by atoms with Crippen molar-refractivity contribution < 1.29 is 4.79 Å². The van der Waals surface area contributed by atoms with E-state index in [9.17, 15) is 4.79 Å². The third-order valence-corrected chi connectivity index (χ3v) is 7.08. The molecule has 4 nitrogen and oxygen atoms in total. The number of benzene rings is 2. The van der Waals surface area contributed by atoms with Crippen LogP contribution in [0.4, 0.5) is 0 Å². The summed E-state index contributed by atoms with van der Waals surface area (Å²) in [4.78, 5) is 21.5. The van der Waals surface area contributed by atoms with Crippen LogP contribution in [0.5, 0.6) is 0 Å². The molecule has 2 aromatic heterocycles. The summed E-state index contributed by atoms with van der Waals surface area (Å²) in [7, 11) is 0. The Balaban J connectivity index is 1.19. The zero-order valence-corrected chi connectivity index (χ0v) is 17.5. The maximum absolute atomic E-state index is 12.2. The number of aromatic nitrogens is 2. The number of carbonyl (C=O) groups excluding carboxylic acids is 1. The molecule has 144 valence electrons. The number of rotatable bonds is 8. The second-order valence-corrected chi connectivity index (χ2v) is 9.18. The second-order valence-electron chi connectivity index (χ2n) is 7.01. The molecule has 0 aliphatic rings. The standard InChI is InChI=1S/C22H23N3OS2/c1-15(22-25-17-9-3-5-11-19(17)28-22)14-23-20(26)12-6-7-13-21-24-16-8-2-4-10-18(16)27-21/h2-5,8-11,15H,6-7,12-14H2,1H3,(H,23,26)/t15-/m1/s1. The van der Waals surface area contributed by atoms with Crippen LogP contribution in [0.3, 0.4) is 0 Å². The largest absolute Gasteiger partial charge is 0.355 e. The molecule has 0 unspecified atom stereocenters. The fourth-order valence-electron chi connectivity index (χ4n) is 3.13. The minimum Gasteiger partial charge on any atom is -0.355 e. The normalized spacial score (nSPS) is 12.5. The van der Waals surface area contributed by atoms with Crippen LogP contribution in [0.15, 0.2) is 48.5 Å². The monoisotopic (exact) mass is 409 g/mol. The SMILES string of the molecule is C[C@H](CNC(=O)CCCCc1nc2ccccc2s1)c1nc2ccccc2s1. The van der Waals surface area contributed by atoms with Crippen molar-refractivity contribution in [3.05, 3.63) is 58.5 Å². The Morgan fingerprint density at radius 1 is 0.964 bits per heavy atom. The van der Waals surface area contributed by atoms with Gasteiger partial charge in [0.2, 0.25) is 5.91 Å². The van der Waals surface area contributed by atoms with Gasteiger partial charge in [-0.2, -0.15) is 0 Å². The Bertz CT molecular complexity index is 1020. The maximum atomic E-state index is 12.2. The van der Waals surface area contributed by atoms with Gasteiger partial charge in [-0.05, 0) is 43.5 Å². The lowest BCUT2D eigenvalue weighted by Crippen LogP contribution is -2.27. The van der Waals surface area contributed by atoms with Crippen LogP contribution in [0.25, 0.3) is 20.4 Å². The van der Waals surface area contributed by atoms with E-state index in [0.717, 1.165) is 40.3 Å². The molecule has 0 spiro atoms. The highest BCUT2D eigenvalue weighted by Crippen LogP contribution is 2.27. The number of amides is 1. The van der Waals surface area contributed by atoms with Crippen LogP contribution in [0.1, 0.15) is 42.1 Å². The summed E-state index contributed by atoms with van der Waals surface area (Å²) in [5.74, 6) is 0.348. The molecule has 0 radical (unpaired) electrons. The van der Waals surface area contributed by atoms with Gasteiger partial charge in [-0.25, -0.2) is 9.97 Å². The first kappa shape index (κ1) is 19.0. The zero-order valence-electron chi connectivity index (χ0n) is 15.9. The van der Waals surface area contributed by atoms with Crippen LogP contribution < -0.4 is 5.32 Å². The fourth-order valence-corrected chi connectivity index (χ4v) is 5.16. The Morgan fingerprint density at radius 2 is 1.64 bits per heavy atom. The molecule has 0 saturated carbocycles. The van der Waals surface area contributed by atoms with Crippen LogP contribution in [-0.4, -0.2) is 22.4 Å². The minimum absolute atomic E-state index is 0.122. The third-order valence-electron chi connectivity index (χ3n) is 4.72. The molecule has 0 bridgehead atoms. The molecule has 2 aromatic carbocycles. The minimum atomic E-state index is 0.122. The lowest BCUT2D eigenvalue weighted by molar-refractivity contribution is -0.121. The fraction of sp³-hybridized carbons (Fsp3) is 0.318. The molecule has 28 heavy (non-hydrogen) atoms. The molecule has 1 atom stereocenters. The van der Waals surface area contributed by atoms with Crippen LogP contribution in [0.2, 0.25) is 0 Å². The average molecular weight is 410 g/mol. The topological polar surface area (TPSA) is 54.9 Å². The van der Waals surface area contributed by atoms with Gasteiger partial charge in [-0.15, -0.1) is 22.7 Å². The number of nitrogens with zero attached hydrogens (tertiary/aromatic N) is 2. The van der Waals surface area contributed by atoms with Gasteiger partial charge in [-0.3, -0.25) is 4.79 Å². The van der Waals surface area contributed by atoms with Gasteiger partial charge in [0.15, 0.2) is 0 Å². The summed E-state index contributed by atoms with van der Waals surface area (Å²) in [5, 5.41) is 5.30. The lowest BCUT2D eigenvalue weighted by Gasteiger charge is -2.10. The maximum Gasteiger partial charge on any atom is 0.220 e. The van der Waals surface area contributed by atoms with Crippen molar-refractivity contribution in [1.29, 1.82) is 0 Å². The Kier molecular flexibility index (Phi) is 5.98. The van der Waals surface area contributed by atoms with Crippen molar-refractivity contribution in [2.24, 2.45) is 0 Å². The number of hydrogen-bond donors (Lipinski definition) is 1. The van der Waals surface area contributed by atoms with Gasteiger partial charge in [0.1, 0.15) is 0 Å². The van der Waals surface area contributed by atoms with E-state index in [4.69, 9.17) is 0 Å². The number of fused-ring (bicyclic) bond motifs is 2. The molecule has 0 aliphatic heterocycles. The summed E-state index contributed by atoms with van der Waals surface area (Å²) >= 11 is 3.46. The van der Waals surface area contributed by atoms with E-state index in [1.54, 1.807) is 22.7 Å². The number of carbonyl (C=O) groups is 1. The van der Waals surface area contributed by atoms with E-state index in [2.05, 4.69) is 40.4 Å². The number of unbranched alkanes of at least 4 members (excludes halogenated alkanes) is 1. The Hall–Kier alpha value is -2.31. The number of hydrogen-bond acceptors (Lipinski definition) is 5. The van der Waals surface area contributed by atoms with E-state index in [-0.39, 0.29) is 11.8 Å². The number of para-hydroxylation sites is 2. The van der Waals surface area contributed by atoms with E-state index in [1.165, 1.54) is 9.40 Å². The van der Waals surface area contributed by atoms with E-state index < -0.39 is 0 Å². The van der Waals surface area contributed by atoms with Crippen molar-refractivity contribution in [2.45, 2.75) is 38.5 Å². The highest BCUT2D eigenvalue weighted by Gasteiger charge is 2.13.